The van der Waals surface area contributed by atoms with Crippen LogP contribution < -0.4 is 9.80 Å². The Balaban J connectivity index is 0.000000147. The predicted octanol–water partition coefficient (Wildman–Crippen LogP) is 34.1. The summed E-state index contributed by atoms with van der Waals surface area (Å²) in [6.07, 6.45) is 0. The van der Waals surface area contributed by atoms with Gasteiger partial charge in [-0.1, -0.05) is 369 Å². The van der Waals surface area contributed by atoms with Crippen LogP contribution in [0, 0.1) is 0 Å². The molecular weight excluding hydrogens is 1560 g/mol. The van der Waals surface area contributed by atoms with Gasteiger partial charge in [0.05, 0.1) is 39.1 Å². The number of rotatable bonds is 13. The lowest BCUT2D eigenvalue weighted by Crippen LogP contribution is -2.16. The third-order valence-corrected chi connectivity index (χ3v) is 28.3. The molecule has 129 heavy (non-hydrogen) atoms. The van der Waals surface area contributed by atoms with Crippen molar-refractivity contribution in [3.8, 4) is 100 Å². The van der Waals surface area contributed by atoms with Crippen LogP contribution in [0.1, 0.15) is 74.9 Å². The molecule has 2 heterocycles. The second-order valence-electron chi connectivity index (χ2n) is 36.7. The maximum absolute atomic E-state index is 2.51. The number of hydrogen-bond acceptors (Lipinski definition) is 2. The molecule has 0 bridgehead atoms. The van der Waals surface area contributed by atoms with Crippen LogP contribution in [-0.2, 0) is 16.2 Å². The van der Waals surface area contributed by atoms with Crippen LogP contribution in [0.5, 0.6) is 0 Å². The number of aromatic nitrogens is 2. The Labute approximate surface area is 753 Å². The van der Waals surface area contributed by atoms with Crippen molar-refractivity contribution >= 4 is 99.3 Å². The highest BCUT2D eigenvalue weighted by Crippen LogP contribution is 2.56. The molecular formula is C125H92N4. The summed E-state index contributed by atoms with van der Waals surface area (Å²) in [4.78, 5) is 4.81. The molecule has 0 N–H and O–H groups in total. The van der Waals surface area contributed by atoms with Crippen LogP contribution in [0.15, 0.2) is 449 Å². The van der Waals surface area contributed by atoms with Crippen LogP contribution in [0.25, 0.3) is 166 Å². The molecule has 2 aromatic heterocycles. The van der Waals surface area contributed by atoms with E-state index in [1.807, 2.05) is 0 Å². The fraction of sp³-hybridized carbons (Fsp3) is 0.0720. The Kier molecular flexibility index (Phi) is 18.0. The van der Waals surface area contributed by atoms with E-state index in [0.717, 1.165) is 39.7 Å². The van der Waals surface area contributed by atoms with Crippen molar-refractivity contribution in [2.24, 2.45) is 0 Å². The minimum atomic E-state index is -0.128. The maximum atomic E-state index is 2.51. The summed E-state index contributed by atoms with van der Waals surface area (Å²) in [6.45, 7) is 14.2. The van der Waals surface area contributed by atoms with Gasteiger partial charge >= 0.3 is 0 Å². The van der Waals surface area contributed by atoms with Gasteiger partial charge in [0.15, 0.2) is 0 Å². The summed E-state index contributed by atoms with van der Waals surface area (Å²) in [6, 6.07) is 166. The molecule has 20 aromatic carbocycles. The third-order valence-electron chi connectivity index (χ3n) is 28.3. The topological polar surface area (TPSA) is 16.3 Å². The maximum Gasteiger partial charge on any atom is 0.0547 e. The molecule has 0 saturated carbocycles. The van der Waals surface area contributed by atoms with E-state index in [4.69, 9.17) is 0 Å². The summed E-state index contributed by atoms with van der Waals surface area (Å²) >= 11 is 0. The van der Waals surface area contributed by atoms with Gasteiger partial charge in [0.1, 0.15) is 0 Å². The Morgan fingerprint density at radius 3 is 1.09 bits per heavy atom. The predicted molar refractivity (Wildman–Crippen MR) is 546 cm³/mol. The Morgan fingerprint density at radius 1 is 0.178 bits per heavy atom. The van der Waals surface area contributed by atoms with Crippen LogP contribution in [0.3, 0.4) is 0 Å². The van der Waals surface area contributed by atoms with Gasteiger partial charge < -0.3 is 18.9 Å². The molecule has 0 unspecified atom stereocenters. The van der Waals surface area contributed by atoms with Crippen molar-refractivity contribution in [3.05, 3.63) is 482 Å². The molecule has 25 rings (SSSR count). The van der Waals surface area contributed by atoms with Crippen molar-refractivity contribution in [1.29, 1.82) is 0 Å². The number of para-hydroxylation sites is 3. The summed E-state index contributed by atoms with van der Waals surface area (Å²) in [5.41, 5.74) is 41.9. The standard InChI is InChI=1S/C70H52N2.C55H40N2/c1-69(2)62-26-11-8-24-60(62)68-63(69)27-15-29-66(68)72-65-28-12-9-23-58(65)59-38-34-52(43-67(59)72)49-19-13-18-48(41-49)50-20-14-21-54(42-50)71(55-37-39-57-56-22-7-10-25-61(56)70(3,4)64(57)44-55)53-35-32-46(33-36-53)51-31-30-45-16-5-6-17-47(45)40-51;1-55(2)48-27-10-8-26-47(48)54-49(55)28-15-31-52(54)57-51-29-11-9-25-45(51)46-33-32-41(36-53(46)57)39-19-12-18-38(34-39)40-20-13-23-43(35-40)56(42-21-4-3-5-22-42)50-30-14-17-37-16-6-7-24-44(37)50/h5-44H,1-4H3;3-36H,1-2H3. The van der Waals surface area contributed by atoms with Crippen LogP contribution in [-0.4, -0.2) is 9.13 Å². The van der Waals surface area contributed by atoms with Crippen LogP contribution >= 0.6 is 0 Å². The van der Waals surface area contributed by atoms with Gasteiger partial charge in [0, 0.05) is 82.7 Å². The number of anilines is 6. The van der Waals surface area contributed by atoms with Crippen molar-refractivity contribution in [2.75, 3.05) is 9.80 Å². The lowest BCUT2D eigenvalue weighted by molar-refractivity contribution is 0.660. The molecule has 4 nitrogen and oxygen atoms in total. The third kappa shape index (κ3) is 12.6. The second kappa shape index (κ2) is 30.2. The molecule has 612 valence electrons. The lowest BCUT2D eigenvalue weighted by atomic mass is 9.82. The average molecular weight is 1650 g/mol. The lowest BCUT2D eigenvalue weighted by Gasteiger charge is -2.28. The second-order valence-corrected chi connectivity index (χ2v) is 36.7. The highest BCUT2D eigenvalue weighted by molar-refractivity contribution is 6.13. The van der Waals surface area contributed by atoms with Gasteiger partial charge in [-0.15, -0.1) is 0 Å². The average Bonchev–Trinajstić information content (AvgIpc) is 1.55. The molecule has 0 amide bonds. The summed E-state index contributed by atoms with van der Waals surface area (Å²) in [5.74, 6) is 0. The van der Waals surface area contributed by atoms with E-state index in [1.165, 1.54) is 193 Å². The van der Waals surface area contributed by atoms with E-state index in [0.29, 0.717) is 0 Å². The fourth-order valence-electron chi connectivity index (χ4n) is 21.9. The molecule has 0 radical (unpaired) electrons. The summed E-state index contributed by atoms with van der Waals surface area (Å²) in [5, 5.41) is 9.99. The van der Waals surface area contributed by atoms with E-state index >= 15 is 0 Å². The largest absolute Gasteiger partial charge is 0.310 e. The Hall–Kier alpha value is -15.9. The zero-order valence-corrected chi connectivity index (χ0v) is 73.0. The van der Waals surface area contributed by atoms with Gasteiger partial charge in [-0.2, -0.15) is 0 Å². The van der Waals surface area contributed by atoms with Crippen LogP contribution in [0.4, 0.5) is 34.1 Å². The minimum absolute atomic E-state index is 0.0728. The molecule has 22 aromatic rings. The highest BCUT2D eigenvalue weighted by atomic mass is 15.1. The highest BCUT2D eigenvalue weighted by Gasteiger charge is 2.40. The van der Waals surface area contributed by atoms with E-state index in [2.05, 4.69) is 509 Å². The molecule has 0 aliphatic heterocycles. The van der Waals surface area contributed by atoms with E-state index in [1.54, 1.807) is 0 Å². The SMILES string of the molecule is CC1(C)c2ccccc2-c2c(-n3c4ccccc4c4ccc(-c5cccc(-c6cccc(N(c7ccccc7)c7cccc8ccccc78)c6)c5)cc43)cccc21.CC1(C)c2ccccc2-c2ccc(N(c3ccc(-c4ccc5ccccc5c4)cc3)c3cccc(-c4cccc(-c5ccc6c7ccccc7n(-c7cccc8c7-c7ccccc7C8(C)C)c6c5)c4)c3)cc21. The molecule has 0 atom stereocenters. The zero-order valence-electron chi connectivity index (χ0n) is 73.0. The zero-order chi connectivity index (χ0) is 86.4. The number of nitrogens with zero attached hydrogens (tertiary/aromatic N) is 4. The summed E-state index contributed by atoms with van der Waals surface area (Å²) < 4.78 is 5.02. The number of benzene rings is 20. The minimum Gasteiger partial charge on any atom is -0.310 e. The molecule has 0 spiro atoms. The first kappa shape index (κ1) is 76.7. The first-order chi connectivity index (χ1) is 63.2. The van der Waals surface area contributed by atoms with Crippen molar-refractivity contribution in [3.63, 3.8) is 0 Å². The molecule has 3 aliphatic carbocycles. The van der Waals surface area contributed by atoms with Gasteiger partial charge in [0.25, 0.3) is 0 Å². The van der Waals surface area contributed by atoms with Gasteiger partial charge in [-0.3, -0.25) is 0 Å². The molecule has 4 heteroatoms. The number of hydrogen-bond donors (Lipinski definition) is 0. The van der Waals surface area contributed by atoms with Gasteiger partial charge in [-0.25, -0.2) is 0 Å². The first-order valence-corrected chi connectivity index (χ1v) is 45.2. The van der Waals surface area contributed by atoms with E-state index in [9.17, 15) is 0 Å². The molecule has 0 saturated heterocycles. The van der Waals surface area contributed by atoms with Crippen LogP contribution in [0.2, 0.25) is 0 Å². The van der Waals surface area contributed by atoms with Crippen molar-refractivity contribution < 1.29 is 0 Å². The quantitative estimate of drug-likeness (QED) is 0.114. The Morgan fingerprint density at radius 2 is 0.527 bits per heavy atom. The van der Waals surface area contributed by atoms with Crippen molar-refractivity contribution in [2.45, 2.75) is 57.8 Å². The molecule has 0 fully saturated rings. The molecule has 3 aliphatic rings. The van der Waals surface area contributed by atoms with E-state index in [-0.39, 0.29) is 16.2 Å². The number of fused-ring (bicyclic) bond motifs is 17. The van der Waals surface area contributed by atoms with Crippen molar-refractivity contribution in [1.82, 2.24) is 9.13 Å². The monoisotopic (exact) mass is 1650 g/mol. The van der Waals surface area contributed by atoms with Gasteiger partial charge in [0.2, 0.25) is 0 Å². The van der Waals surface area contributed by atoms with Gasteiger partial charge in [-0.05, 0) is 249 Å². The first-order valence-electron chi connectivity index (χ1n) is 45.2. The normalized spacial score (nSPS) is 13.4. The Bertz CT molecular complexity index is 8290. The summed E-state index contributed by atoms with van der Waals surface area (Å²) in [7, 11) is 0. The smallest absolute Gasteiger partial charge is 0.0547 e. The van der Waals surface area contributed by atoms with E-state index < -0.39 is 0 Å². The fourth-order valence-corrected chi connectivity index (χ4v) is 21.9.